The number of aromatic nitrogens is 1. The molecule has 0 aliphatic carbocycles. The lowest BCUT2D eigenvalue weighted by molar-refractivity contribution is -0.384. The van der Waals surface area contributed by atoms with E-state index in [4.69, 9.17) is 9.15 Å². The average Bonchev–Trinajstić information content (AvgIpc) is 3.27. The van der Waals surface area contributed by atoms with E-state index in [0.717, 1.165) is 11.1 Å². The number of nitro groups is 1. The highest BCUT2D eigenvalue weighted by atomic mass is 16.6. The van der Waals surface area contributed by atoms with E-state index in [0.29, 0.717) is 54.7 Å². The Morgan fingerprint density at radius 3 is 2.71 bits per heavy atom. The fourth-order valence-corrected chi connectivity index (χ4v) is 3.99. The van der Waals surface area contributed by atoms with Gasteiger partial charge in [-0.3, -0.25) is 14.9 Å². The van der Waals surface area contributed by atoms with Crippen molar-refractivity contribution in [3.63, 3.8) is 0 Å². The van der Waals surface area contributed by atoms with Gasteiger partial charge in [-0.05, 0) is 48.9 Å². The molecule has 1 aromatic heterocycles. The number of oxazole rings is 1. The Kier molecular flexibility index (Phi) is 5.69. The van der Waals surface area contributed by atoms with Crippen LogP contribution in [0.25, 0.3) is 22.6 Å². The van der Waals surface area contributed by atoms with Gasteiger partial charge in [-0.2, -0.15) is 0 Å². The molecule has 1 aliphatic heterocycles. The second kappa shape index (κ2) is 8.95. The predicted molar refractivity (Wildman–Crippen MR) is 128 cm³/mol. The lowest BCUT2D eigenvalue weighted by Crippen LogP contribution is -2.37. The molecule has 34 heavy (non-hydrogen) atoms. The third-order valence-electron chi connectivity index (χ3n) is 5.70. The molecule has 4 aromatic rings. The third kappa shape index (κ3) is 4.33. The molecule has 9 heteroatoms. The standard InChI is InChI=1S/C25H22N4O5/c1-16-5-8-23-21(13-16)27-25(34-23)17-3-2-4-18(14-17)26-24(30)20-15-19(29(31)32)6-7-22(20)28-9-11-33-12-10-28/h2-8,13-15H,9-12H2,1H3,(H,26,30). The lowest BCUT2D eigenvalue weighted by Gasteiger charge is -2.30. The first-order valence-electron chi connectivity index (χ1n) is 10.9. The predicted octanol–water partition coefficient (Wildman–Crippen LogP) is 4.80. The number of nitrogens with zero attached hydrogens (tertiary/aromatic N) is 3. The maximum atomic E-state index is 13.2. The van der Waals surface area contributed by atoms with Crippen LogP contribution in [-0.2, 0) is 4.74 Å². The first kappa shape index (κ1) is 21.6. The number of ether oxygens (including phenoxy) is 1. The summed E-state index contributed by atoms with van der Waals surface area (Å²) in [5.74, 6) is 0.0107. The second-order valence-electron chi connectivity index (χ2n) is 8.08. The van der Waals surface area contributed by atoms with Crippen molar-refractivity contribution in [3.05, 3.63) is 81.9 Å². The molecule has 1 amide bonds. The maximum absolute atomic E-state index is 13.2. The van der Waals surface area contributed by atoms with Gasteiger partial charge in [0.1, 0.15) is 5.52 Å². The molecule has 0 atom stereocenters. The fourth-order valence-electron chi connectivity index (χ4n) is 3.99. The summed E-state index contributed by atoms with van der Waals surface area (Å²) in [7, 11) is 0. The van der Waals surface area contributed by atoms with Crippen molar-refractivity contribution in [1.29, 1.82) is 0 Å². The highest BCUT2D eigenvalue weighted by molar-refractivity contribution is 6.08. The summed E-state index contributed by atoms with van der Waals surface area (Å²) in [4.78, 5) is 30.6. The number of aryl methyl sites for hydroxylation is 1. The molecule has 172 valence electrons. The SMILES string of the molecule is Cc1ccc2oc(-c3cccc(NC(=O)c4cc([N+](=O)[O-])ccc4N4CCOCC4)c3)nc2c1. The van der Waals surface area contributed by atoms with E-state index in [1.54, 1.807) is 24.3 Å². The van der Waals surface area contributed by atoms with Gasteiger partial charge in [-0.25, -0.2) is 4.98 Å². The normalized spacial score (nSPS) is 13.7. The van der Waals surface area contributed by atoms with Gasteiger partial charge in [0.05, 0.1) is 29.4 Å². The van der Waals surface area contributed by atoms with Gasteiger partial charge >= 0.3 is 0 Å². The highest BCUT2D eigenvalue weighted by Crippen LogP contribution is 2.29. The van der Waals surface area contributed by atoms with E-state index in [1.165, 1.54) is 12.1 Å². The minimum atomic E-state index is -0.505. The molecule has 0 radical (unpaired) electrons. The van der Waals surface area contributed by atoms with E-state index in [9.17, 15) is 14.9 Å². The van der Waals surface area contributed by atoms with Gasteiger partial charge in [0.25, 0.3) is 11.6 Å². The largest absolute Gasteiger partial charge is 0.436 e. The second-order valence-corrected chi connectivity index (χ2v) is 8.08. The number of benzene rings is 3. The molecule has 1 saturated heterocycles. The summed E-state index contributed by atoms with van der Waals surface area (Å²) in [6.45, 7) is 4.26. The molecule has 1 aliphatic rings. The number of carbonyl (C=O) groups excluding carboxylic acids is 1. The zero-order chi connectivity index (χ0) is 23.7. The van der Waals surface area contributed by atoms with Crippen LogP contribution in [-0.4, -0.2) is 42.1 Å². The van der Waals surface area contributed by atoms with Crippen LogP contribution in [0.3, 0.4) is 0 Å². The van der Waals surface area contributed by atoms with Crippen molar-refractivity contribution >= 4 is 34.1 Å². The average molecular weight is 458 g/mol. The number of hydrogen-bond acceptors (Lipinski definition) is 7. The van der Waals surface area contributed by atoms with Crippen molar-refractivity contribution in [2.75, 3.05) is 36.5 Å². The Hall–Kier alpha value is -4.24. The van der Waals surface area contributed by atoms with Crippen LogP contribution in [0, 0.1) is 17.0 Å². The van der Waals surface area contributed by atoms with Gasteiger partial charge in [0.2, 0.25) is 5.89 Å². The minimum Gasteiger partial charge on any atom is -0.436 e. The Labute approximate surface area is 195 Å². The van der Waals surface area contributed by atoms with Crippen molar-refractivity contribution in [1.82, 2.24) is 4.98 Å². The van der Waals surface area contributed by atoms with E-state index in [2.05, 4.69) is 10.3 Å². The van der Waals surface area contributed by atoms with Gasteiger partial charge in [-0.1, -0.05) is 12.1 Å². The molecule has 2 heterocycles. The summed E-state index contributed by atoms with van der Waals surface area (Å²) >= 11 is 0. The molecule has 0 bridgehead atoms. The topological polar surface area (TPSA) is 111 Å². The van der Waals surface area contributed by atoms with Crippen LogP contribution < -0.4 is 10.2 Å². The molecule has 0 spiro atoms. The third-order valence-corrected chi connectivity index (χ3v) is 5.70. The molecule has 5 rings (SSSR count). The number of nitro benzene ring substituents is 1. The van der Waals surface area contributed by atoms with Crippen molar-refractivity contribution in [2.24, 2.45) is 0 Å². The first-order chi connectivity index (χ1) is 16.5. The number of carbonyl (C=O) groups is 1. The first-order valence-corrected chi connectivity index (χ1v) is 10.9. The van der Waals surface area contributed by atoms with E-state index < -0.39 is 10.8 Å². The zero-order valence-corrected chi connectivity index (χ0v) is 18.5. The zero-order valence-electron chi connectivity index (χ0n) is 18.5. The monoisotopic (exact) mass is 458 g/mol. The van der Waals surface area contributed by atoms with Crippen LogP contribution >= 0.6 is 0 Å². The van der Waals surface area contributed by atoms with Gasteiger partial charge in [-0.15, -0.1) is 0 Å². The fraction of sp³-hybridized carbons (Fsp3) is 0.200. The molecule has 3 aromatic carbocycles. The number of rotatable bonds is 5. The number of hydrogen-bond donors (Lipinski definition) is 1. The number of morpholine rings is 1. The van der Waals surface area contributed by atoms with Gasteiger partial charge in [0, 0.05) is 36.5 Å². The van der Waals surface area contributed by atoms with Crippen LogP contribution in [0.4, 0.5) is 17.1 Å². The van der Waals surface area contributed by atoms with Crippen LogP contribution in [0.1, 0.15) is 15.9 Å². The Bertz CT molecular complexity index is 1390. The van der Waals surface area contributed by atoms with Crippen LogP contribution in [0.15, 0.2) is 65.1 Å². The summed E-state index contributed by atoms with van der Waals surface area (Å²) in [6.07, 6.45) is 0. The summed E-state index contributed by atoms with van der Waals surface area (Å²) in [5.41, 5.74) is 4.49. The molecule has 0 unspecified atom stereocenters. The molecule has 1 fully saturated rings. The Morgan fingerprint density at radius 2 is 1.91 bits per heavy atom. The van der Waals surface area contributed by atoms with Crippen LogP contribution in [0.2, 0.25) is 0 Å². The summed E-state index contributed by atoms with van der Waals surface area (Å²) in [5, 5.41) is 14.2. The van der Waals surface area contributed by atoms with Crippen molar-refractivity contribution < 1.29 is 18.9 Å². The lowest BCUT2D eigenvalue weighted by atomic mass is 10.1. The number of anilines is 2. The van der Waals surface area contributed by atoms with Gasteiger partial charge < -0.3 is 19.4 Å². The van der Waals surface area contributed by atoms with Crippen LogP contribution in [0.5, 0.6) is 0 Å². The molecule has 0 saturated carbocycles. The summed E-state index contributed by atoms with van der Waals surface area (Å²) in [6, 6.07) is 17.3. The van der Waals surface area contributed by atoms with E-state index >= 15 is 0 Å². The minimum absolute atomic E-state index is 0.141. The molecular formula is C25H22N4O5. The van der Waals surface area contributed by atoms with E-state index in [-0.39, 0.29) is 11.3 Å². The highest BCUT2D eigenvalue weighted by Gasteiger charge is 2.22. The Morgan fingerprint density at radius 1 is 1.09 bits per heavy atom. The number of nitrogens with one attached hydrogen (secondary N) is 1. The molecular weight excluding hydrogens is 436 g/mol. The van der Waals surface area contributed by atoms with Crippen molar-refractivity contribution in [2.45, 2.75) is 6.92 Å². The molecule has 9 nitrogen and oxygen atoms in total. The maximum Gasteiger partial charge on any atom is 0.270 e. The quantitative estimate of drug-likeness (QED) is 0.338. The smallest absolute Gasteiger partial charge is 0.270 e. The number of fused-ring (bicyclic) bond motifs is 1. The summed E-state index contributed by atoms with van der Waals surface area (Å²) < 4.78 is 11.3. The van der Waals surface area contributed by atoms with Gasteiger partial charge in [0.15, 0.2) is 5.58 Å². The van der Waals surface area contributed by atoms with Crippen molar-refractivity contribution in [3.8, 4) is 11.5 Å². The Balaban J connectivity index is 1.45. The number of non-ortho nitro benzene ring substituents is 1. The number of amides is 1. The molecule has 1 N–H and O–H groups in total. The van der Waals surface area contributed by atoms with E-state index in [1.807, 2.05) is 36.1 Å².